The van der Waals surface area contributed by atoms with E-state index in [0.29, 0.717) is 0 Å². The van der Waals surface area contributed by atoms with Gasteiger partial charge in [-0.15, -0.1) is 6.58 Å². The van der Waals surface area contributed by atoms with Crippen molar-refractivity contribution in [3.05, 3.63) is 84.8 Å². The molecule has 0 saturated heterocycles. The Labute approximate surface area is 135 Å². The highest BCUT2D eigenvalue weighted by atomic mass is 19.1. The molecule has 0 spiro atoms. The Morgan fingerprint density at radius 2 is 1.78 bits per heavy atom. The predicted octanol–water partition coefficient (Wildman–Crippen LogP) is 5.35. The molecule has 1 N–H and O–H groups in total. The molecular formula is C20H19FN2. The second kappa shape index (κ2) is 6.61. The van der Waals surface area contributed by atoms with Gasteiger partial charge in [0, 0.05) is 11.1 Å². The molecule has 2 aromatic carbocycles. The third kappa shape index (κ3) is 3.39. The number of anilines is 1. The summed E-state index contributed by atoms with van der Waals surface area (Å²) in [5.74, 6) is -0.0681. The topological polar surface area (TPSA) is 24.9 Å². The average molecular weight is 306 g/mol. The van der Waals surface area contributed by atoms with E-state index in [1.165, 1.54) is 12.1 Å². The number of hydrogen-bond donors (Lipinski definition) is 1. The SMILES string of the molecule is C=CC(C)C(Nc1ccc(F)cc1)c1ccc2ccccc2n1. The van der Waals surface area contributed by atoms with Crippen LogP contribution in [0.1, 0.15) is 18.7 Å². The van der Waals surface area contributed by atoms with E-state index in [1.54, 1.807) is 12.1 Å². The molecule has 0 bridgehead atoms. The minimum atomic E-state index is -0.243. The maximum absolute atomic E-state index is 13.1. The molecule has 3 aromatic rings. The normalized spacial score (nSPS) is 13.5. The summed E-state index contributed by atoms with van der Waals surface area (Å²) in [6.07, 6.45) is 1.90. The average Bonchev–Trinajstić information content (AvgIpc) is 2.60. The van der Waals surface area contributed by atoms with Crippen molar-refractivity contribution in [1.82, 2.24) is 4.98 Å². The lowest BCUT2D eigenvalue weighted by Crippen LogP contribution is -2.18. The molecule has 2 nitrogen and oxygen atoms in total. The number of nitrogens with one attached hydrogen (secondary N) is 1. The first kappa shape index (κ1) is 15.2. The van der Waals surface area contributed by atoms with E-state index in [-0.39, 0.29) is 17.8 Å². The van der Waals surface area contributed by atoms with E-state index in [1.807, 2.05) is 36.4 Å². The van der Waals surface area contributed by atoms with Gasteiger partial charge < -0.3 is 5.32 Å². The van der Waals surface area contributed by atoms with E-state index in [9.17, 15) is 4.39 Å². The molecule has 0 radical (unpaired) electrons. The van der Waals surface area contributed by atoms with E-state index >= 15 is 0 Å². The zero-order valence-corrected chi connectivity index (χ0v) is 13.0. The van der Waals surface area contributed by atoms with Crippen LogP contribution in [0.15, 0.2) is 73.3 Å². The number of pyridine rings is 1. The highest BCUT2D eigenvalue weighted by Gasteiger charge is 2.18. The Kier molecular flexibility index (Phi) is 4.38. The Morgan fingerprint density at radius 1 is 1.04 bits per heavy atom. The van der Waals surface area contributed by atoms with Crippen LogP contribution < -0.4 is 5.32 Å². The summed E-state index contributed by atoms with van der Waals surface area (Å²) in [5, 5.41) is 4.55. The molecule has 1 heterocycles. The van der Waals surface area contributed by atoms with E-state index in [2.05, 4.69) is 24.9 Å². The number of halogens is 1. The highest BCUT2D eigenvalue weighted by molar-refractivity contribution is 5.78. The molecule has 116 valence electrons. The van der Waals surface area contributed by atoms with Crippen LogP contribution in [0.4, 0.5) is 10.1 Å². The zero-order chi connectivity index (χ0) is 16.2. The minimum Gasteiger partial charge on any atom is -0.376 e. The lowest BCUT2D eigenvalue weighted by Gasteiger charge is -2.24. The molecule has 3 heteroatoms. The lowest BCUT2D eigenvalue weighted by molar-refractivity contribution is 0.591. The van der Waals surface area contributed by atoms with Crippen LogP contribution in [0.25, 0.3) is 10.9 Å². The third-order valence-corrected chi connectivity index (χ3v) is 4.00. The van der Waals surface area contributed by atoms with Gasteiger partial charge >= 0.3 is 0 Å². The van der Waals surface area contributed by atoms with Crippen molar-refractivity contribution >= 4 is 16.6 Å². The maximum atomic E-state index is 13.1. The Hall–Kier alpha value is -2.68. The molecule has 0 saturated carbocycles. The van der Waals surface area contributed by atoms with Crippen molar-refractivity contribution in [3.8, 4) is 0 Å². The van der Waals surface area contributed by atoms with Crippen molar-refractivity contribution in [1.29, 1.82) is 0 Å². The molecule has 0 aliphatic heterocycles. The number of fused-ring (bicyclic) bond motifs is 1. The second-order valence-electron chi connectivity index (χ2n) is 5.65. The highest BCUT2D eigenvalue weighted by Crippen LogP contribution is 2.27. The molecule has 3 rings (SSSR count). The first-order valence-electron chi connectivity index (χ1n) is 7.68. The molecule has 0 aliphatic rings. The molecule has 2 atom stereocenters. The fourth-order valence-electron chi connectivity index (χ4n) is 2.59. The Bertz CT molecular complexity index is 811. The monoisotopic (exact) mass is 306 g/mol. The van der Waals surface area contributed by atoms with Gasteiger partial charge in [0.1, 0.15) is 5.82 Å². The van der Waals surface area contributed by atoms with Crippen LogP contribution >= 0.6 is 0 Å². The first-order chi connectivity index (χ1) is 11.2. The van der Waals surface area contributed by atoms with Gasteiger partial charge in [0.15, 0.2) is 0 Å². The maximum Gasteiger partial charge on any atom is 0.123 e. The molecular weight excluding hydrogens is 287 g/mol. The molecule has 23 heavy (non-hydrogen) atoms. The molecule has 1 aromatic heterocycles. The zero-order valence-electron chi connectivity index (χ0n) is 13.0. The number of hydrogen-bond acceptors (Lipinski definition) is 2. The van der Waals surface area contributed by atoms with Gasteiger partial charge in [-0.2, -0.15) is 0 Å². The summed E-state index contributed by atoms with van der Waals surface area (Å²) < 4.78 is 13.1. The largest absolute Gasteiger partial charge is 0.376 e. The summed E-state index contributed by atoms with van der Waals surface area (Å²) in [7, 11) is 0. The van der Waals surface area contributed by atoms with Gasteiger partial charge in [-0.1, -0.05) is 37.3 Å². The van der Waals surface area contributed by atoms with Crippen molar-refractivity contribution < 1.29 is 4.39 Å². The smallest absolute Gasteiger partial charge is 0.123 e. The van der Waals surface area contributed by atoms with Gasteiger partial charge in [-0.05, 0) is 42.3 Å². The molecule has 0 aliphatic carbocycles. The summed E-state index contributed by atoms with van der Waals surface area (Å²) in [5.41, 5.74) is 2.77. The van der Waals surface area contributed by atoms with Crippen LogP contribution in [-0.4, -0.2) is 4.98 Å². The second-order valence-corrected chi connectivity index (χ2v) is 5.65. The Balaban J connectivity index is 1.96. The Morgan fingerprint density at radius 3 is 2.52 bits per heavy atom. The third-order valence-electron chi connectivity index (χ3n) is 4.00. The van der Waals surface area contributed by atoms with E-state index < -0.39 is 0 Å². The van der Waals surface area contributed by atoms with Crippen molar-refractivity contribution in [2.24, 2.45) is 5.92 Å². The quantitative estimate of drug-likeness (QED) is 0.643. The van der Waals surface area contributed by atoms with Crippen LogP contribution in [0.3, 0.4) is 0 Å². The van der Waals surface area contributed by atoms with Crippen LogP contribution in [0.5, 0.6) is 0 Å². The number of aromatic nitrogens is 1. The lowest BCUT2D eigenvalue weighted by atomic mass is 9.97. The standard InChI is InChI=1S/C20H19FN2/c1-3-14(2)20(22-17-11-9-16(21)10-12-17)19-13-8-15-6-4-5-7-18(15)23-19/h3-14,20,22H,1H2,2H3. The van der Waals surface area contributed by atoms with E-state index in [0.717, 1.165) is 22.3 Å². The number of rotatable bonds is 5. The number of para-hydroxylation sites is 1. The summed E-state index contributed by atoms with van der Waals surface area (Å²) in [6, 6.07) is 18.5. The fraction of sp³-hybridized carbons (Fsp3) is 0.150. The van der Waals surface area contributed by atoms with Crippen molar-refractivity contribution in [2.45, 2.75) is 13.0 Å². The van der Waals surface area contributed by atoms with Gasteiger partial charge in [0.05, 0.1) is 17.3 Å². The number of nitrogens with zero attached hydrogens (tertiary/aromatic N) is 1. The van der Waals surface area contributed by atoms with Crippen molar-refractivity contribution in [3.63, 3.8) is 0 Å². The van der Waals surface area contributed by atoms with Crippen LogP contribution in [0, 0.1) is 11.7 Å². The fourth-order valence-corrected chi connectivity index (χ4v) is 2.59. The van der Waals surface area contributed by atoms with Gasteiger partial charge in [0.2, 0.25) is 0 Å². The van der Waals surface area contributed by atoms with Gasteiger partial charge in [-0.25, -0.2) is 4.39 Å². The molecule has 2 unspecified atom stereocenters. The predicted molar refractivity (Wildman–Crippen MR) is 93.9 cm³/mol. The molecule has 0 amide bonds. The summed E-state index contributed by atoms with van der Waals surface area (Å²) >= 11 is 0. The van der Waals surface area contributed by atoms with Crippen LogP contribution in [0.2, 0.25) is 0 Å². The van der Waals surface area contributed by atoms with Crippen LogP contribution in [-0.2, 0) is 0 Å². The summed E-state index contributed by atoms with van der Waals surface area (Å²) in [6.45, 7) is 5.99. The van der Waals surface area contributed by atoms with Gasteiger partial charge in [0.25, 0.3) is 0 Å². The number of benzene rings is 2. The van der Waals surface area contributed by atoms with E-state index in [4.69, 9.17) is 4.98 Å². The first-order valence-corrected chi connectivity index (χ1v) is 7.68. The molecule has 0 fully saturated rings. The minimum absolute atomic E-state index is 0.0254. The van der Waals surface area contributed by atoms with Gasteiger partial charge in [-0.3, -0.25) is 4.98 Å². The van der Waals surface area contributed by atoms with Crippen molar-refractivity contribution in [2.75, 3.05) is 5.32 Å². The summed E-state index contributed by atoms with van der Waals surface area (Å²) in [4.78, 5) is 4.77.